The Morgan fingerprint density at radius 3 is 2.81 bits per heavy atom. The Morgan fingerprint density at radius 1 is 1.33 bits per heavy atom. The Kier molecular flexibility index (Phi) is 3.98. The van der Waals surface area contributed by atoms with Gasteiger partial charge in [0.25, 0.3) is 0 Å². The molecule has 3 rings (SSSR count). The van der Waals surface area contributed by atoms with Crippen LogP contribution >= 0.6 is 0 Å². The van der Waals surface area contributed by atoms with E-state index in [9.17, 15) is 4.79 Å². The molecule has 0 aliphatic carbocycles. The zero-order valence-corrected chi connectivity index (χ0v) is 13.1. The van der Waals surface area contributed by atoms with Crippen LogP contribution in [0.15, 0.2) is 24.5 Å². The lowest BCUT2D eigenvalue weighted by Gasteiger charge is -2.51. The maximum atomic E-state index is 12.5. The summed E-state index contributed by atoms with van der Waals surface area (Å²) in [4.78, 5) is 21.2. The van der Waals surface area contributed by atoms with E-state index in [-0.39, 0.29) is 5.54 Å². The molecule has 2 atom stereocenters. The fourth-order valence-electron chi connectivity index (χ4n) is 4.42. The van der Waals surface area contributed by atoms with Gasteiger partial charge in [0.1, 0.15) is 0 Å². The van der Waals surface area contributed by atoms with Crippen LogP contribution in [0.1, 0.15) is 44.6 Å². The Bertz CT molecular complexity index is 504. The number of amides is 1. The third kappa shape index (κ3) is 2.46. The zero-order valence-electron chi connectivity index (χ0n) is 13.1. The predicted octanol–water partition coefficient (Wildman–Crippen LogP) is 2.45. The molecule has 4 heteroatoms. The minimum absolute atomic E-state index is 0.0438. The van der Waals surface area contributed by atoms with Gasteiger partial charge in [-0.2, -0.15) is 0 Å². The third-order valence-electron chi connectivity index (χ3n) is 5.36. The Balaban J connectivity index is 1.90. The van der Waals surface area contributed by atoms with Crippen LogP contribution in [0, 0.1) is 0 Å². The highest BCUT2D eigenvalue weighted by atomic mass is 16.2. The molecule has 1 aromatic heterocycles. The predicted molar refractivity (Wildman–Crippen MR) is 82.7 cm³/mol. The molecule has 0 radical (unpaired) electrons. The molecule has 0 unspecified atom stereocenters. The summed E-state index contributed by atoms with van der Waals surface area (Å²) in [5, 5.41) is 0. The van der Waals surface area contributed by atoms with Crippen molar-refractivity contribution in [3.8, 4) is 0 Å². The molecular weight excluding hydrogens is 262 g/mol. The minimum atomic E-state index is 0.0438. The molecule has 114 valence electrons. The van der Waals surface area contributed by atoms with Crippen molar-refractivity contribution < 1.29 is 4.79 Å². The largest absolute Gasteiger partial charge is 0.331 e. The van der Waals surface area contributed by atoms with Crippen LogP contribution in [-0.4, -0.2) is 45.9 Å². The first-order valence-corrected chi connectivity index (χ1v) is 8.07. The first kappa shape index (κ1) is 14.5. The molecule has 0 aromatic carbocycles. The molecule has 1 spiro atoms. The van der Waals surface area contributed by atoms with E-state index >= 15 is 0 Å². The van der Waals surface area contributed by atoms with Crippen molar-refractivity contribution >= 4 is 5.91 Å². The standard InChI is InChI=1S/C17H25N3O/c1-3-15-17(8-4-12-19(15)2)9-5-16(21)20(17)13-14-6-10-18-11-7-14/h6-7,10-11,15H,3-5,8-9,12-13H2,1-2H3/t15-,17-/m0/s1. The van der Waals surface area contributed by atoms with Gasteiger partial charge in [0, 0.05) is 31.4 Å². The smallest absolute Gasteiger partial charge is 0.223 e. The second kappa shape index (κ2) is 5.76. The van der Waals surface area contributed by atoms with Crippen LogP contribution in [0.3, 0.4) is 0 Å². The number of hydrogen-bond acceptors (Lipinski definition) is 3. The van der Waals surface area contributed by atoms with Crippen molar-refractivity contribution in [2.24, 2.45) is 0 Å². The quantitative estimate of drug-likeness (QED) is 0.857. The molecule has 4 nitrogen and oxygen atoms in total. The third-order valence-corrected chi connectivity index (χ3v) is 5.36. The number of carbonyl (C=O) groups is 1. The highest BCUT2D eigenvalue weighted by molar-refractivity contribution is 5.80. The number of rotatable bonds is 3. The summed E-state index contributed by atoms with van der Waals surface area (Å²) in [5.41, 5.74) is 1.23. The van der Waals surface area contributed by atoms with Gasteiger partial charge in [0.05, 0.1) is 5.54 Å². The maximum Gasteiger partial charge on any atom is 0.223 e. The van der Waals surface area contributed by atoms with Crippen LogP contribution in [0.4, 0.5) is 0 Å². The summed E-state index contributed by atoms with van der Waals surface area (Å²) < 4.78 is 0. The summed E-state index contributed by atoms with van der Waals surface area (Å²) in [7, 11) is 2.21. The number of pyridine rings is 1. The van der Waals surface area contributed by atoms with Gasteiger partial charge in [-0.3, -0.25) is 9.78 Å². The van der Waals surface area contributed by atoms with Crippen molar-refractivity contribution in [1.82, 2.24) is 14.8 Å². The molecule has 2 fully saturated rings. The first-order valence-electron chi connectivity index (χ1n) is 8.07. The first-order chi connectivity index (χ1) is 10.2. The molecular formula is C17H25N3O. The van der Waals surface area contributed by atoms with Gasteiger partial charge in [-0.25, -0.2) is 0 Å². The molecule has 0 bridgehead atoms. The monoisotopic (exact) mass is 287 g/mol. The van der Waals surface area contributed by atoms with E-state index in [0.717, 1.165) is 32.4 Å². The van der Waals surface area contributed by atoms with Gasteiger partial charge in [-0.15, -0.1) is 0 Å². The lowest BCUT2D eigenvalue weighted by Crippen LogP contribution is -2.61. The average molecular weight is 287 g/mol. The van der Waals surface area contributed by atoms with E-state index in [1.165, 1.54) is 12.0 Å². The van der Waals surface area contributed by atoms with E-state index in [2.05, 4.69) is 28.8 Å². The molecule has 2 aliphatic heterocycles. The van der Waals surface area contributed by atoms with Gasteiger partial charge in [-0.05, 0) is 57.0 Å². The molecule has 2 aliphatic rings. The Morgan fingerprint density at radius 2 is 2.10 bits per heavy atom. The summed E-state index contributed by atoms with van der Waals surface area (Å²) in [6, 6.07) is 4.53. The summed E-state index contributed by atoms with van der Waals surface area (Å²) in [6.07, 6.45) is 8.78. The molecule has 1 amide bonds. The molecule has 0 saturated carbocycles. The normalized spacial score (nSPS) is 30.3. The number of likely N-dealkylation sites (N-methyl/N-ethyl adjacent to an activating group) is 1. The Hall–Kier alpha value is -1.42. The fourth-order valence-corrected chi connectivity index (χ4v) is 4.42. The van der Waals surface area contributed by atoms with Gasteiger partial charge < -0.3 is 9.80 Å². The number of carbonyl (C=O) groups excluding carboxylic acids is 1. The number of piperidine rings is 1. The summed E-state index contributed by atoms with van der Waals surface area (Å²) in [5.74, 6) is 0.320. The van der Waals surface area contributed by atoms with Gasteiger partial charge in [0.15, 0.2) is 0 Å². The molecule has 3 heterocycles. The van der Waals surface area contributed by atoms with Crippen molar-refractivity contribution in [3.05, 3.63) is 30.1 Å². The van der Waals surface area contributed by atoms with Crippen molar-refractivity contribution in [2.45, 2.75) is 57.2 Å². The van der Waals surface area contributed by atoms with Crippen molar-refractivity contribution in [3.63, 3.8) is 0 Å². The maximum absolute atomic E-state index is 12.5. The molecule has 21 heavy (non-hydrogen) atoms. The lowest BCUT2D eigenvalue weighted by atomic mass is 9.77. The van der Waals surface area contributed by atoms with Gasteiger partial charge in [0.2, 0.25) is 5.91 Å². The number of aromatic nitrogens is 1. The SMILES string of the molecule is CC[C@@H]1N(C)CCC[C@]12CCC(=O)N2Cc1ccncc1. The van der Waals surface area contributed by atoms with Gasteiger partial charge >= 0.3 is 0 Å². The minimum Gasteiger partial charge on any atom is -0.331 e. The van der Waals surface area contributed by atoms with Crippen LogP contribution in [0.2, 0.25) is 0 Å². The van der Waals surface area contributed by atoms with E-state index in [4.69, 9.17) is 0 Å². The molecule has 0 N–H and O–H groups in total. The summed E-state index contributed by atoms with van der Waals surface area (Å²) >= 11 is 0. The van der Waals surface area contributed by atoms with Crippen molar-refractivity contribution in [2.75, 3.05) is 13.6 Å². The zero-order chi connectivity index (χ0) is 14.9. The number of hydrogen-bond donors (Lipinski definition) is 0. The molecule has 2 saturated heterocycles. The average Bonchev–Trinajstić information content (AvgIpc) is 2.79. The Labute approximate surface area is 127 Å². The lowest BCUT2D eigenvalue weighted by molar-refractivity contribution is -0.135. The van der Waals surface area contributed by atoms with Crippen molar-refractivity contribution in [1.29, 1.82) is 0 Å². The van der Waals surface area contributed by atoms with Crippen LogP contribution in [0.25, 0.3) is 0 Å². The van der Waals surface area contributed by atoms with Crippen LogP contribution < -0.4 is 0 Å². The fraction of sp³-hybridized carbons (Fsp3) is 0.647. The topological polar surface area (TPSA) is 36.4 Å². The second-order valence-electron chi connectivity index (χ2n) is 6.45. The molecule has 1 aromatic rings. The van der Waals surface area contributed by atoms with Crippen LogP contribution in [-0.2, 0) is 11.3 Å². The van der Waals surface area contributed by atoms with E-state index in [0.29, 0.717) is 18.4 Å². The van der Waals surface area contributed by atoms with E-state index < -0.39 is 0 Å². The summed E-state index contributed by atoms with van der Waals surface area (Å²) in [6.45, 7) is 4.13. The van der Waals surface area contributed by atoms with Crippen LogP contribution in [0.5, 0.6) is 0 Å². The second-order valence-corrected chi connectivity index (χ2v) is 6.45. The highest BCUT2D eigenvalue weighted by Gasteiger charge is 2.52. The van der Waals surface area contributed by atoms with E-state index in [1.54, 1.807) is 0 Å². The number of likely N-dealkylation sites (tertiary alicyclic amines) is 2. The van der Waals surface area contributed by atoms with Gasteiger partial charge in [-0.1, -0.05) is 6.92 Å². The number of nitrogens with zero attached hydrogens (tertiary/aromatic N) is 3. The van der Waals surface area contributed by atoms with E-state index in [1.807, 2.05) is 24.5 Å². The highest BCUT2D eigenvalue weighted by Crippen LogP contribution is 2.43.